The van der Waals surface area contributed by atoms with Gasteiger partial charge in [0.2, 0.25) is 5.60 Å². The summed E-state index contributed by atoms with van der Waals surface area (Å²) in [7, 11) is 1.21. The number of alkyl halides is 3. The fraction of sp³-hybridized carbons (Fsp3) is 0.200. The van der Waals surface area contributed by atoms with E-state index in [1.54, 1.807) is 0 Å². The Kier molecular flexibility index (Phi) is 3.91. The van der Waals surface area contributed by atoms with E-state index in [1.165, 1.54) is 25.3 Å². The van der Waals surface area contributed by atoms with Crippen molar-refractivity contribution in [3.05, 3.63) is 65.5 Å². The monoisotopic (exact) mass is 300 g/mol. The summed E-state index contributed by atoms with van der Waals surface area (Å²) >= 11 is 0. The van der Waals surface area contributed by atoms with Gasteiger partial charge in [-0.15, -0.1) is 0 Å². The summed E-state index contributed by atoms with van der Waals surface area (Å²) in [5.41, 5.74) is -4.22. The molecule has 2 aromatic rings. The van der Waals surface area contributed by atoms with Crippen LogP contribution >= 0.6 is 0 Å². The molecule has 1 unspecified atom stereocenters. The molecule has 0 spiro atoms. The molecule has 2 rings (SSSR count). The van der Waals surface area contributed by atoms with Gasteiger partial charge in [0, 0.05) is 5.56 Å². The van der Waals surface area contributed by atoms with Crippen LogP contribution in [0.1, 0.15) is 11.1 Å². The molecule has 0 radical (unpaired) electrons. The maximum absolute atomic E-state index is 13.5. The molecule has 0 heterocycles. The first-order chi connectivity index (χ1) is 9.80. The van der Waals surface area contributed by atoms with E-state index >= 15 is 0 Å². The molecule has 1 atom stereocenters. The van der Waals surface area contributed by atoms with E-state index < -0.39 is 28.7 Å². The molecule has 0 aliphatic rings. The van der Waals surface area contributed by atoms with Crippen molar-refractivity contribution in [2.24, 2.45) is 0 Å². The van der Waals surface area contributed by atoms with Crippen molar-refractivity contribution >= 4 is 0 Å². The number of rotatable bonds is 3. The van der Waals surface area contributed by atoms with E-state index in [2.05, 4.69) is 0 Å². The Morgan fingerprint density at radius 1 is 0.952 bits per heavy atom. The molecule has 0 bridgehead atoms. The third kappa shape index (κ3) is 2.58. The number of benzene rings is 2. The lowest BCUT2D eigenvalue weighted by molar-refractivity contribution is -0.248. The number of methoxy groups -OCH3 is 1. The Hall–Kier alpha value is -2.08. The van der Waals surface area contributed by atoms with Crippen molar-refractivity contribution in [1.82, 2.24) is 0 Å². The zero-order valence-corrected chi connectivity index (χ0v) is 11.0. The summed E-state index contributed by atoms with van der Waals surface area (Å²) in [4.78, 5) is 0. The van der Waals surface area contributed by atoms with Crippen LogP contribution in [0.3, 0.4) is 0 Å². The van der Waals surface area contributed by atoms with Gasteiger partial charge < -0.3 is 9.84 Å². The lowest BCUT2D eigenvalue weighted by Gasteiger charge is -2.32. The summed E-state index contributed by atoms with van der Waals surface area (Å²) in [6, 6.07) is 8.81. The molecular weight excluding hydrogens is 288 g/mol. The van der Waals surface area contributed by atoms with Gasteiger partial charge in [0.1, 0.15) is 11.6 Å². The Bertz CT molecular complexity index is 622. The average molecular weight is 300 g/mol. The second-order valence-electron chi connectivity index (χ2n) is 4.42. The van der Waals surface area contributed by atoms with Crippen LogP contribution in [-0.2, 0) is 5.60 Å². The fourth-order valence-corrected chi connectivity index (χ4v) is 2.11. The summed E-state index contributed by atoms with van der Waals surface area (Å²) in [5, 5.41) is 10.4. The Labute approximate surface area is 118 Å². The molecule has 0 saturated carbocycles. The van der Waals surface area contributed by atoms with Gasteiger partial charge in [0.25, 0.3) is 0 Å². The standard InChI is InChI=1S/C15H12F4O2/c1-21-13-5-3-2-4-12(13)14(20,15(17,18)19)10-6-8-11(16)9-7-10/h2-9,20H,1H3. The number of para-hydroxylation sites is 1. The van der Waals surface area contributed by atoms with E-state index in [0.717, 1.165) is 30.3 Å². The molecule has 1 N–H and O–H groups in total. The van der Waals surface area contributed by atoms with Gasteiger partial charge in [-0.1, -0.05) is 30.3 Å². The Morgan fingerprint density at radius 2 is 1.52 bits per heavy atom. The van der Waals surface area contributed by atoms with Crippen molar-refractivity contribution in [1.29, 1.82) is 0 Å². The van der Waals surface area contributed by atoms with Crippen molar-refractivity contribution < 1.29 is 27.4 Å². The van der Waals surface area contributed by atoms with Gasteiger partial charge in [0.15, 0.2) is 0 Å². The number of halogens is 4. The summed E-state index contributed by atoms with van der Waals surface area (Å²) < 4.78 is 58.3. The molecule has 0 aliphatic heterocycles. The molecule has 2 nitrogen and oxygen atoms in total. The van der Waals surface area contributed by atoms with Crippen LogP contribution in [-0.4, -0.2) is 18.4 Å². The lowest BCUT2D eigenvalue weighted by Crippen LogP contribution is -2.43. The Morgan fingerprint density at radius 3 is 2.05 bits per heavy atom. The predicted molar refractivity (Wildman–Crippen MR) is 68.4 cm³/mol. The van der Waals surface area contributed by atoms with Crippen molar-refractivity contribution in [2.75, 3.05) is 7.11 Å². The van der Waals surface area contributed by atoms with Crippen molar-refractivity contribution in [3.8, 4) is 5.75 Å². The molecule has 2 aromatic carbocycles. The maximum atomic E-state index is 13.5. The minimum atomic E-state index is -5.00. The maximum Gasteiger partial charge on any atom is 0.425 e. The van der Waals surface area contributed by atoms with Gasteiger partial charge in [-0.3, -0.25) is 0 Å². The number of hydrogen-bond donors (Lipinski definition) is 1. The van der Waals surface area contributed by atoms with Gasteiger partial charge in [0.05, 0.1) is 7.11 Å². The molecule has 6 heteroatoms. The summed E-state index contributed by atoms with van der Waals surface area (Å²) in [6.07, 6.45) is -5.00. The number of aliphatic hydroxyl groups is 1. The van der Waals surface area contributed by atoms with Crippen LogP contribution in [0.5, 0.6) is 5.75 Å². The minimum absolute atomic E-state index is 0.110. The third-order valence-electron chi connectivity index (χ3n) is 3.17. The zero-order valence-electron chi connectivity index (χ0n) is 11.0. The van der Waals surface area contributed by atoms with Crippen LogP contribution in [0.4, 0.5) is 17.6 Å². The van der Waals surface area contributed by atoms with E-state index in [1.807, 2.05) is 0 Å². The highest BCUT2D eigenvalue weighted by atomic mass is 19.4. The normalized spacial score (nSPS) is 14.6. The van der Waals surface area contributed by atoms with Crippen LogP contribution in [0.15, 0.2) is 48.5 Å². The topological polar surface area (TPSA) is 29.5 Å². The molecule has 0 amide bonds. The lowest BCUT2D eigenvalue weighted by atomic mass is 9.85. The zero-order chi connectivity index (χ0) is 15.7. The first-order valence-corrected chi connectivity index (χ1v) is 5.99. The second kappa shape index (κ2) is 5.37. The molecule has 21 heavy (non-hydrogen) atoms. The quantitative estimate of drug-likeness (QED) is 0.877. The SMILES string of the molecule is COc1ccccc1C(O)(c1ccc(F)cc1)C(F)(F)F. The Balaban J connectivity index is 2.71. The predicted octanol–water partition coefficient (Wildman–Crippen LogP) is 3.63. The van der Waals surface area contributed by atoms with Crippen LogP contribution in [0, 0.1) is 5.82 Å². The second-order valence-corrected chi connectivity index (χ2v) is 4.42. The highest BCUT2D eigenvalue weighted by Gasteiger charge is 2.57. The smallest absolute Gasteiger partial charge is 0.425 e. The highest BCUT2D eigenvalue weighted by Crippen LogP contribution is 2.47. The first kappa shape index (κ1) is 15.3. The third-order valence-corrected chi connectivity index (χ3v) is 3.17. The van der Waals surface area contributed by atoms with E-state index in [-0.39, 0.29) is 5.75 Å². The van der Waals surface area contributed by atoms with Gasteiger partial charge in [-0.25, -0.2) is 4.39 Å². The fourth-order valence-electron chi connectivity index (χ4n) is 2.11. The van der Waals surface area contributed by atoms with E-state index in [4.69, 9.17) is 4.74 Å². The average Bonchev–Trinajstić information content (AvgIpc) is 2.46. The van der Waals surface area contributed by atoms with Crippen LogP contribution in [0.25, 0.3) is 0 Å². The van der Waals surface area contributed by atoms with E-state index in [0.29, 0.717) is 0 Å². The molecule has 0 fully saturated rings. The molecule has 112 valence electrons. The van der Waals surface area contributed by atoms with E-state index in [9.17, 15) is 22.7 Å². The molecule has 0 aliphatic carbocycles. The summed E-state index contributed by atoms with van der Waals surface area (Å²) in [5.74, 6) is -0.801. The highest BCUT2D eigenvalue weighted by molar-refractivity contribution is 5.46. The van der Waals surface area contributed by atoms with Gasteiger partial charge >= 0.3 is 6.18 Å². The van der Waals surface area contributed by atoms with Gasteiger partial charge in [-0.2, -0.15) is 13.2 Å². The number of hydrogen-bond acceptors (Lipinski definition) is 2. The number of ether oxygens (including phenoxy) is 1. The van der Waals surface area contributed by atoms with Crippen LogP contribution < -0.4 is 4.74 Å². The van der Waals surface area contributed by atoms with Crippen molar-refractivity contribution in [2.45, 2.75) is 11.8 Å². The molecule has 0 saturated heterocycles. The van der Waals surface area contributed by atoms with Gasteiger partial charge in [-0.05, 0) is 23.8 Å². The molecule has 0 aromatic heterocycles. The van der Waals surface area contributed by atoms with Crippen molar-refractivity contribution in [3.63, 3.8) is 0 Å². The summed E-state index contributed by atoms with van der Waals surface area (Å²) in [6.45, 7) is 0. The molecular formula is C15H12F4O2. The minimum Gasteiger partial charge on any atom is -0.496 e. The largest absolute Gasteiger partial charge is 0.496 e. The van der Waals surface area contributed by atoms with Crippen LogP contribution in [0.2, 0.25) is 0 Å². The first-order valence-electron chi connectivity index (χ1n) is 5.99.